The quantitative estimate of drug-likeness (QED) is 0.866. The molecule has 0 unspecified atom stereocenters. The van der Waals surface area contributed by atoms with Crippen LogP contribution < -0.4 is 9.64 Å². The Kier molecular flexibility index (Phi) is 4.36. The zero-order chi connectivity index (χ0) is 16.3. The average molecular weight is 322 g/mol. The third-order valence-electron chi connectivity index (χ3n) is 3.85. The number of aromatic nitrogens is 2. The summed E-state index contributed by atoms with van der Waals surface area (Å²) in [6, 6.07) is 8.90. The van der Waals surface area contributed by atoms with Crippen LogP contribution in [0, 0.1) is 6.07 Å². The van der Waals surface area contributed by atoms with E-state index < -0.39 is 6.36 Å². The second kappa shape index (κ2) is 6.44. The summed E-state index contributed by atoms with van der Waals surface area (Å²) in [6.07, 6.45) is 0.100. The molecule has 1 aromatic carbocycles. The van der Waals surface area contributed by atoms with E-state index in [0.29, 0.717) is 24.6 Å². The van der Waals surface area contributed by atoms with Crippen LogP contribution in [0.25, 0.3) is 0 Å². The summed E-state index contributed by atoms with van der Waals surface area (Å²) in [4.78, 5) is 10.4. The predicted molar refractivity (Wildman–Crippen MR) is 78.2 cm³/mol. The monoisotopic (exact) mass is 322 g/mol. The van der Waals surface area contributed by atoms with Crippen molar-refractivity contribution in [1.29, 1.82) is 0 Å². The van der Waals surface area contributed by atoms with E-state index in [4.69, 9.17) is 0 Å². The van der Waals surface area contributed by atoms with Gasteiger partial charge in [0.25, 0.3) is 0 Å². The minimum Gasteiger partial charge on any atom is -0.405 e. The number of hydrogen-bond acceptors (Lipinski definition) is 4. The molecule has 4 nitrogen and oxygen atoms in total. The van der Waals surface area contributed by atoms with Crippen molar-refractivity contribution >= 4 is 5.95 Å². The fraction of sp³-hybridized carbons (Fsp3) is 0.375. The third kappa shape index (κ3) is 3.91. The van der Waals surface area contributed by atoms with Crippen LogP contribution in [0.5, 0.6) is 5.75 Å². The highest BCUT2D eigenvalue weighted by atomic mass is 19.4. The number of rotatable bonds is 3. The summed E-state index contributed by atoms with van der Waals surface area (Å²) in [5.74, 6) is 0.510. The van der Waals surface area contributed by atoms with E-state index in [0.717, 1.165) is 12.8 Å². The number of halogens is 3. The van der Waals surface area contributed by atoms with Crippen LogP contribution >= 0.6 is 0 Å². The molecule has 1 saturated heterocycles. The Morgan fingerprint density at radius 1 is 1.17 bits per heavy atom. The summed E-state index contributed by atoms with van der Waals surface area (Å²) in [7, 11) is 0. The van der Waals surface area contributed by atoms with Crippen LogP contribution in [0.15, 0.2) is 36.7 Å². The highest BCUT2D eigenvalue weighted by Crippen LogP contribution is 2.36. The van der Waals surface area contributed by atoms with E-state index in [2.05, 4.69) is 20.8 Å². The molecule has 0 amide bonds. The van der Waals surface area contributed by atoms with Gasteiger partial charge >= 0.3 is 6.36 Å². The van der Waals surface area contributed by atoms with Crippen molar-refractivity contribution in [2.45, 2.75) is 25.1 Å². The van der Waals surface area contributed by atoms with Crippen molar-refractivity contribution in [3.05, 3.63) is 48.3 Å². The first-order valence-corrected chi connectivity index (χ1v) is 7.30. The van der Waals surface area contributed by atoms with E-state index >= 15 is 0 Å². The van der Waals surface area contributed by atoms with Gasteiger partial charge in [-0.2, -0.15) is 0 Å². The average Bonchev–Trinajstić information content (AvgIpc) is 2.55. The molecule has 121 valence electrons. The largest absolute Gasteiger partial charge is 0.573 e. The van der Waals surface area contributed by atoms with Gasteiger partial charge in [-0.1, -0.05) is 12.1 Å². The van der Waals surface area contributed by atoms with Gasteiger partial charge in [-0.3, -0.25) is 0 Å². The van der Waals surface area contributed by atoms with Crippen molar-refractivity contribution in [3.63, 3.8) is 0 Å². The zero-order valence-corrected chi connectivity index (χ0v) is 12.3. The van der Waals surface area contributed by atoms with Crippen LogP contribution in [0.3, 0.4) is 0 Å². The predicted octanol–water partition coefficient (Wildman–Crippen LogP) is 3.56. The SMILES string of the molecule is FC(F)(F)Oc1c[c]ccc1C1CCN(c2ncccn2)CC1. The Hall–Kier alpha value is -2.31. The number of anilines is 1. The van der Waals surface area contributed by atoms with E-state index in [9.17, 15) is 13.2 Å². The lowest BCUT2D eigenvalue weighted by molar-refractivity contribution is -0.275. The van der Waals surface area contributed by atoms with Gasteiger partial charge in [0.1, 0.15) is 5.75 Å². The van der Waals surface area contributed by atoms with Crippen LogP contribution in [0.1, 0.15) is 24.3 Å². The topological polar surface area (TPSA) is 38.2 Å². The normalized spacial score (nSPS) is 16.4. The summed E-state index contributed by atoms with van der Waals surface area (Å²) < 4.78 is 41.7. The molecule has 0 N–H and O–H groups in total. The minimum absolute atomic E-state index is 0.0157. The van der Waals surface area contributed by atoms with Crippen molar-refractivity contribution in [1.82, 2.24) is 9.97 Å². The molecule has 1 aliphatic heterocycles. The maximum atomic E-state index is 12.5. The summed E-state index contributed by atoms with van der Waals surface area (Å²) >= 11 is 0. The Morgan fingerprint density at radius 2 is 1.87 bits per heavy atom. The molecule has 1 fully saturated rings. The van der Waals surface area contributed by atoms with Crippen molar-refractivity contribution in [2.75, 3.05) is 18.0 Å². The lowest BCUT2D eigenvalue weighted by atomic mass is 9.89. The van der Waals surface area contributed by atoms with E-state index in [1.165, 1.54) is 6.07 Å². The Morgan fingerprint density at radius 3 is 2.52 bits per heavy atom. The fourth-order valence-corrected chi connectivity index (χ4v) is 2.82. The lowest BCUT2D eigenvalue weighted by Gasteiger charge is -2.32. The Bertz CT molecular complexity index is 641. The van der Waals surface area contributed by atoms with Gasteiger partial charge in [-0.15, -0.1) is 13.2 Å². The van der Waals surface area contributed by atoms with Gasteiger partial charge in [0.15, 0.2) is 0 Å². The first kappa shape index (κ1) is 15.6. The van der Waals surface area contributed by atoms with Crippen molar-refractivity contribution < 1.29 is 17.9 Å². The summed E-state index contributed by atoms with van der Waals surface area (Å²) in [5.41, 5.74) is 0.578. The molecule has 7 heteroatoms. The van der Waals surface area contributed by atoms with Crippen LogP contribution in [0.4, 0.5) is 19.1 Å². The minimum atomic E-state index is -4.69. The number of hydrogen-bond donors (Lipinski definition) is 0. The van der Waals surface area contributed by atoms with Crippen LogP contribution in [-0.2, 0) is 0 Å². The second-order valence-corrected chi connectivity index (χ2v) is 5.32. The number of nitrogens with zero attached hydrogens (tertiary/aromatic N) is 3. The molecule has 1 aliphatic rings. The van der Waals surface area contributed by atoms with E-state index in [-0.39, 0.29) is 11.7 Å². The van der Waals surface area contributed by atoms with Gasteiger partial charge in [0, 0.05) is 25.5 Å². The summed E-state index contributed by atoms with van der Waals surface area (Å²) in [6.45, 7) is 1.39. The first-order valence-electron chi connectivity index (χ1n) is 7.30. The molecule has 1 aromatic heterocycles. The highest BCUT2D eigenvalue weighted by molar-refractivity contribution is 5.38. The van der Waals surface area contributed by atoms with Crippen molar-refractivity contribution in [3.8, 4) is 5.75 Å². The molecule has 2 aromatic rings. The molecule has 2 heterocycles. The maximum absolute atomic E-state index is 12.5. The van der Waals surface area contributed by atoms with E-state index in [1.807, 2.05) is 4.90 Å². The maximum Gasteiger partial charge on any atom is 0.573 e. The van der Waals surface area contributed by atoms with E-state index in [1.54, 1.807) is 30.6 Å². The smallest absolute Gasteiger partial charge is 0.405 e. The fourth-order valence-electron chi connectivity index (χ4n) is 2.82. The lowest BCUT2D eigenvalue weighted by Crippen LogP contribution is -2.34. The highest BCUT2D eigenvalue weighted by Gasteiger charge is 2.33. The Labute approximate surface area is 131 Å². The van der Waals surface area contributed by atoms with Gasteiger partial charge in [0.05, 0.1) is 0 Å². The third-order valence-corrected chi connectivity index (χ3v) is 3.85. The molecule has 3 rings (SSSR count). The molecule has 0 bridgehead atoms. The summed E-state index contributed by atoms with van der Waals surface area (Å²) in [5, 5.41) is 0. The molecule has 0 spiro atoms. The molecule has 0 atom stereocenters. The van der Waals surface area contributed by atoms with Crippen molar-refractivity contribution in [2.24, 2.45) is 0 Å². The number of benzene rings is 1. The molecular weight excluding hydrogens is 307 g/mol. The number of ether oxygens (including phenoxy) is 1. The first-order chi connectivity index (χ1) is 11.0. The zero-order valence-electron chi connectivity index (χ0n) is 12.3. The Balaban J connectivity index is 1.71. The van der Waals surface area contributed by atoms with Crippen LogP contribution in [0.2, 0.25) is 0 Å². The molecular formula is C16H15F3N3O. The van der Waals surface area contributed by atoms with Gasteiger partial charge < -0.3 is 9.64 Å². The van der Waals surface area contributed by atoms with Crippen LogP contribution in [-0.4, -0.2) is 29.4 Å². The molecule has 1 radical (unpaired) electrons. The van der Waals surface area contributed by atoms with Gasteiger partial charge in [-0.25, -0.2) is 9.97 Å². The number of piperidine rings is 1. The molecule has 0 aliphatic carbocycles. The van der Waals surface area contributed by atoms with Gasteiger partial charge in [0.2, 0.25) is 5.95 Å². The molecule has 23 heavy (non-hydrogen) atoms. The van der Waals surface area contributed by atoms with Gasteiger partial charge in [-0.05, 0) is 42.5 Å². The standard InChI is InChI=1S/C16H15F3N3O/c17-16(18,19)23-14-5-2-1-4-13(14)12-6-10-22(11-7-12)15-20-8-3-9-21-15/h1,3-5,8-9,12H,6-7,10-11H2. The second-order valence-electron chi connectivity index (χ2n) is 5.32. The molecule has 0 saturated carbocycles. The number of alkyl halides is 3.